The van der Waals surface area contributed by atoms with E-state index >= 15 is 0 Å². The summed E-state index contributed by atoms with van der Waals surface area (Å²) < 4.78 is 10.3. The first-order valence-electron chi connectivity index (χ1n) is 8.45. The molecule has 0 saturated heterocycles. The van der Waals surface area contributed by atoms with Gasteiger partial charge in [-0.15, -0.1) is 0 Å². The van der Waals surface area contributed by atoms with Gasteiger partial charge in [0, 0.05) is 6.07 Å². The lowest BCUT2D eigenvalue weighted by atomic mass is 9.72. The van der Waals surface area contributed by atoms with E-state index in [0.29, 0.717) is 28.4 Å². The van der Waals surface area contributed by atoms with Crippen molar-refractivity contribution in [2.24, 2.45) is 11.3 Å². The van der Waals surface area contributed by atoms with Crippen molar-refractivity contribution in [3.8, 4) is 11.5 Å². The van der Waals surface area contributed by atoms with E-state index in [1.54, 1.807) is 25.3 Å². The second-order valence-electron chi connectivity index (χ2n) is 7.37. The van der Waals surface area contributed by atoms with E-state index < -0.39 is 5.97 Å². The van der Waals surface area contributed by atoms with Gasteiger partial charge in [-0.05, 0) is 49.1 Å². The molecule has 0 aliphatic heterocycles. The van der Waals surface area contributed by atoms with Crippen LogP contribution in [0.2, 0.25) is 0 Å². The minimum Gasteiger partial charge on any atom is -0.497 e. The van der Waals surface area contributed by atoms with Crippen LogP contribution in [0.4, 0.5) is 0 Å². The van der Waals surface area contributed by atoms with Crippen LogP contribution in [0.1, 0.15) is 56.8 Å². The Hall–Kier alpha value is -1.75. The summed E-state index contributed by atoms with van der Waals surface area (Å²) in [4.78, 5) is 22.6. The highest BCUT2D eigenvalue weighted by Crippen LogP contribution is 2.38. The first-order valence-corrected chi connectivity index (χ1v) is 8.45. The van der Waals surface area contributed by atoms with Crippen LogP contribution in [0.5, 0.6) is 11.5 Å². The molecule has 2 rings (SSSR count). The highest BCUT2D eigenvalue weighted by atomic mass is 17.2. The number of rotatable bonds is 5. The van der Waals surface area contributed by atoms with Crippen molar-refractivity contribution in [3.05, 3.63) is 23.8 Å². The van der Waals surface area contributed by atoms with Gasteiger partial charge >= 0.3 is 5.97 Å². The van der Waals surface area contributed by atoms with Gasteiger partial charge in [-0.25, -0.2) is 4.79 Å². The molecule has 1 aromatic carbocycles. The van der Waals surface area contributed by atoms with Gasteiger partial charge in [0.15, 0.2) is 0 Å². The topological polar surface area (TPSA) is 54.0 Å². The van der Waals surface area contributed by atoms with E-state index in [4.69, 9.17) is 19.2 Å². The SMILES string of the molecule is COc1ccc(C(=O)OOC2CCC(C(C)(C)C)CC2)c(OC)c1. The number of ether oxygens (including phenoxy) is 2. The van der Waals surface area contributed by atoms with Crippen molar-refractivity contribution >= 4 is 5.97 Å². The molecule has 134 valence electrons. The fourth-order valence-electron chi connectivity index (χ4n) is 3.15. The van der Waals surface area contributed by atoms with Gasteiger partial charge in [0.25, 0.3) is 0 Å². The summed E-state index contributed by atoms with van der Waals surface area (Å²) in [5.41, 5.74) is 0.639. The Balaban J connectivity index is 1.88. The molecule has 5 heteroatoms. The average Bonchev–Trinajstić information content (AvgIpc) is 2.58. The zero-order chi connectivity index (χ0) is 17.7. The molecule has 1 aliphatic carbocycles. The lowest BCUT2D eigenvalue weighted by molar-refractivity contribution is -0.281. The standard InChI is InChI=1S/C19H28O5/c1-19(2,3)13-6-8-14(9-7-13)23-24-18(20)16-11-10-15(21-4)12-17(16)22-5/h10-14H,6-9H2,1-5H3. The number of hydrogen-bond acceptors (Lipinski definition) is 5. The molecule has 5 nitrogen and oxygen atoms in total. The molecule has 0 spiro atoms. The lowest BCUT2D eigenvalue weighted by Gasteiger charge is -2.36. The molecule has 0 unspecified atom stereocenters. The van der Waals surface area contributed by atoms with E-state index in [2.05, 4.69) is 20.8 Å². The van der Waals surface area contributed by atoms with E-state index in [9.17, 15) is 4.79 Å². The van der Waals surface area contributed by atoms with Gasteiger partial charge in [0.1, 0.15) is 23.2 Å². The molecule has 1 aliphatic rings. The van der Waals surface area contributed by atoms with Gasteiger partial charge in [-0.3, -0.25) is 4.89 Å². The van der Waals surface area contributed by atoms with Gasteiger partial charge in [0.05, 0.1) is 14.2 Å². The largest absolute Gasteiger partial charge is 0.497 e. The first-order chi connectivity index (χ1) is 11.3. The van der Waals surface area contributed by atoms with Gasteiger partial charge < -0.3 is 9.47 Å². The summed E-state index contributed by atoms with van der Waals surface area (Å²) in [6.45, 7) is 6.82. The number of carbonyl (C=O) groups is 1. The van der Waals surface area contributed by atoms with Crippen LogP contribution >= 0.6 is 0 Å². The molecule has 0 aromatic heterocycles. The Morgan fingerprint density at radius 2 is 1.71 bits per heavy atom. The third-order valence-corrected chi connectivity index (χ3v) is 4.79. The minimum absolute atomic E-state index is 0.0307. The molecule has 24 heavy (non-hydrogen) atoms. The minimum atomic E-state index is -0.549. The summed E-state index contributed by atoms with van der Waals surface area (Å²) in [5, 5.41) is 0. The molecule has 0 N–H and O–H groups in total. The van der Waals surface area contributed by atoms with Crippen LogP contribution in [0.3, 0.4) is 0 Å². The molecule has 0 amide bonds. The van der Waals surface area contributed by atoms with Crippen molar-refractivity contribution in [1.82, 2.24) is 0 Å². The third kappa shape index (κ3) is 4.63. The van der Waals surface area contributed by atoms with Crippen molar-refractivity contribution in [1.29, 1.82) is 0 Å². The van der Waals surface area contributed by atoms with Crippen molar-refractivity contribution < 1.29 is 24.0 Å². The van der Waals surface area contributed by atoms with Crippen LogP contribution in [-0.4, -0.2) is 26.3 Å². The molecule has 0 radical (unpaired) electrons. The summed E-state index contributed by atoms with van der Waals surface area (Å²) in [5.74, 6) is 1.16. The highest BCUT2D eigenvalue weighted by Gasteiger charge is 2.31. The molecule has 1 saturated carbocycles. The fourth-order valence-corrected chi connectivity index (χ4v) is 3.15. The maximum absolute atomic E-state index is 12.2. The monoisotopic (exact) mass is 336 g/mol. The van der Waals surface area contributed by atoms with Gasteiger partial charge in [-0.2, -0.15) is 4.89 Å². The molecule has 1 aromatic rings. The zero-order valence-corrected chi connectivity index (χ0v) is 15.3. The summed E-state index contributed by atoms with van der Waals surface area (Å²) >= 11 is 0. The Bertz CT molecular complexity index is 553. The number of hydrogen-bond donors (Lipinski definition) is 0. The van der Waals surface area contributed by atoms with Crippen LogP contribution in [-0.2, 0) is 9.78 Å². The zero-order valence-electron chi connectivity index (χ0n) is 15.3. The van der Waals surface area contributed by atoms with Crippen molar-refractivity contribution in [3.63, 3.8) is 0 Å². The van der Waals surface area contributed by atoms with Crippen LogP contribution < -0.4 is 9.47 Å². The smallest absolute Gasteiger partial charge is 0.376 e. The summed E-state index contributed by atoms with van der Waals surface area (Å²) in [6.07, 6.45) is 3.98. The molecule has 1 fully saturated rings. The number of methoxy groups -OCH3 is 2. The fraction of sp³-hybridized carbons (Fsp3) is 0.632. The predicted octanol–water partition coefficient (Wildman–Crippen LogP) is 4.40. The Labute approximate surface area is 144 Å². The predicted molar refractivity (Wildman–Crippen MR) is 91.2 cm³/mol. The molecule has 0 atom stereocenters. The van der Waals surface area contributed by atoms with E-state index in [1.807, 2.05) is 0 Å². The maximum atomic E-state index is 12.2. The number of carbonyl (C=O) groups excluding carboxylic acids is 1. The third-order valence-electron chi connectivity index (χ3n) is 4.79. The van der Waals surface area contributed by atoms with Gasteiger partial charge in [0.2, 0.25) is 0 Å². The quantitative estimate of drug-likeness (QED) is 0.589. The van der Waals surface area contributed by atoms with Crippen molar-refractivity contribution in [2.45, 2.75) is 52.6 Å². The molecular formula is C19H28O5. The summed E-state index contributed by atoms with van der Waals surface area (Å²) in [7, 11) is 3.06. The average molecular weight is 336 g/mol. The second-order valence-corrected chi connectivity index (χ2v) is 7.37. The van der Waals surface area contributed by atoms with E-state index in [1.165, 1.54) is 7.11 Å². The molecule has 0 bridgehead atoms. The van der Waals surface area contributed by atoms with E-state index in [0.717, 1.165) is 25.7 Å². The maximum Gasteiger partial charge on any atom is 0.376 e. The Kier molecular flexibility index (Phi) is 6.10. The highest BCUT2D eigenvalue weighted by molar-refractivity contribution is 5.92. The normalized spacial score (nSPS) is 21.2. The van der Waals surface area contributed by atoms with Crippen molar-refractivity contribution in [2.75, 3.05) is 14.2 Å². The number of benzene rings is 1. The van der Waals surface area contributed by atoms with Crippen LogP contribution in [0.15, 0.2) is 18.2 Å². The van der Waals surface area contributed by atoms with Crippen LogP contribution in [0.25, 0.3) is 0 Å². The molecular weight excluding hydrogens is 308 g/mol. The first kappa shape index (κ1) is 18.6. The summed E-state index contributed by atoms with van der Waals surface area (Å²) in [6, 6.07) is 4.94. The Morgan fingerprint density at radius 1 is 1.04 bits per heavy atom. The lowest BCUT2D eigenvalue weighted by Crippen LogP contribution is -2.29. The Morgan fingerprint density at radius 3 is 2.25 bits per heavy atom. The molecule has 0 heterocycles. The van der Waals surface area contributed by atoms with E-state index in [-0.39, 0.29) is 6.10 Å². The second kappa shape index (κ2) is 7.88. The van der Waals surface area contributed by atoms with Crippen LogP contribution in [0, 0.1) is 11.3 Å². The van der Waals surface area contributed by atoms with Gasteiger partial charge in [-0.1, -0.05) is 20.8 Å².